The fraction of sp³-hybridized carbons (Fsp3) is 0.714. The molecule has 0 aromatic rings. The summed E-state index contributed by atoms with van der Waals surface area (Å²) in [6.07, 6.45) is 3.54. The molecule has 11 heteroatoms. The van der Waals surface area contributed by atoms with Crippen LogP contribution in [-0.2, 0) is 28.7 Å². The summed E-state index contributed by atoms with van der Waals surface area (Å²) in [4.78, 5) is 56.5. The highest BCUT2D eigenvalue weighted by Crippen LogP contribution is 2.60. The number of allylic oxidation sites excluding steroid dienone is 1. The predicted octanol–water partition coefficient (Wildman–Crippen LogP) is 1.94. The Bertz CT molecular complexity index is 983. The second-order valence-electron chi connectivity index (χ2n) is 11.6. The summed E-state index contributed by atoms with van der Waals surface area (Å²) in [6.45, 7) is 15.2. The van der Waals surface area contributed by atoms with Gasteiger partial charge in [0.25, 0.3) is 0 Å². The molecule has 3 amide bonds. The van der Waals surface area contributed by atoms with Gasteiger partial charge in [-0.25, -0.2) is 0 Å². The maximum absolute atomic E-state index is 14.2. The van der Waals surface area contributed by atoms with E-state index < -0.39 is 47.2 Å². The highest BCUT2D eigenvalue weighted by molar-refractivity contribution is 9.09. The van der Waals surface area contributed by atoms with Crippen molar-refractivity contribution in [2.24, 2.45) is 11.8 Å². The Labute approximate surface area is 239 Å². The summed E-state index contributed by atoms with van der Waals surface area (Å²) >= 11 is 3.64. The van der Waals surface area contributed by atoms with Crippen LogP contribution in [0.25, 0.3) is 0 Å². The summed E-state index contributed by atoms with van der Waals surface area (Å²) in [7, 11) is 0. The zero-order valence-electron chi connectivity index (χ0n) is 23.4. The van der Waals surface area contributed by atoms with Gasteiger partial charge in [0.1, 0.15) is 17.7 Å². The highest BCUT2D eigenvalue weighted by atomic mass is 79.9. The van der Waals surface area contributed by atoms with Crippen molar-refractivity contribution in [3.05, 3.63) is 25.3 Å². The maximum Gasteiger partial charge on any atom is 0.312 e. The van der Waals surface area contributed by atoms with Gasteiger partial charge in [0.15, 0.2) is 0 Å². The lowest BCUT2D eigenvalue weighted by molar-refractivity contribution is -0.159. The number of rotatable bonds is 13. The molecule has 7 atom stereocenters. The first-order chi connectivity index (χ1) is 18.3. The number of ether oxygens (including phenoxy) is 2. The van der Waals surface area contributed by atoms with Gasteiger partial charge in [-0.3, -0.25) is 19.2 Å². The van der Waals surface area contributed by atoms with Gasteiger partial charge in [-0.1, -0.05) is 28.1 Å². The molecular formula is C28H42BrN3O7. The number of aliphatic hydroxyl groups is 1. The molecule has 39 heavy (non-hydrogen) atoms. The minimum Gasteiger partial charge on any atom is -0.460 e. The molecule has 10 nitrogen and oxygen atoms in total. The van der Waals surface area contributed by atoms with E-state index in [0.29, 0.717) is 19.3 Å². The fourth-order valence-corrected chi connectivity index (χ4v) is 6.97. The Morgan fingerprint density at radius 1 is 1.33 bits per heavy atom. The smallest absolute Gasteiger partial charge is 0.312 e. The molecular weight excluding hydrogens is 570 g/mol. The fourth-order valence-electron chi connectivity index (χ4n) is 6.03. The monoisotopic (exact) mass is 611 g/mol. The average Bonchev–Trinajstić information content (AvgIpc) is 3.45. The van der Waals surface area contributed by atoms with Gasteiger partial charge >= 0.3 is 5.97 Å². The molecule has 3 aliphatic heterocycles. The molecule has 3 saturated heterocycles. The number of esters is 1. The van der Waals surface area contributed by atoms with E-state index in [1.807, 2.05) is 20.8 Å². The number of nitrogens with one attached hydrogen (secondary N) is 1. The number of amides is 3. The van der Waals surface area contributed by atoms with Gasteiger partial charge in [-0.05, 0) is 47.0 Å². The van der Waals surface area contributed by atoms with E-state index in [1.54, 1.807) is 24.0 Å². The van der Waals surface area contributed by atoms with Gasteiger partial charge in [0.2, 0.25) is 17.7 Å². The van der Waals surface area contributed by atoms with E-state index in [0.717, 1.165) is 0 Å². The van der Waals surface area contributed by atoms with Crippen LogP contribution in [0.5, 0.6) is 0 Å². The molecule has 1 unspecified atom stereocenters. The van der Waals surface area contributed by atoms with Crippen molar-refractivity contribution in [3.8, 4) is 0 Å². The minimum atomic E-state index is -1.21. The quantitative estimate of drug-likeness (QED) is 0.185. The van der Waals surface area contributed by atoms with Gasteiger partial charge in [-0.15, -0.1) is 13.2 Å². The number of aliphatic hydroxyl groups excluding tert-OH is 1. The van der Waals surface area contributed by atoms with E-state index in [2.05, 4.69) is 34.4 Å². The first-order valence-electron chi connectivity index (χ1n) is 13.6. The molecule has 3 aliphatic rings. The van der Waals surface area contributed by atoms with E-state index in [9.17, 15) is 24.3 Å². The highest BCUT2D eigenvalue weighted by Gasteiger charge is 2.77. The molecule has 0 aliphatic carbocycles. The van der Waals surface area contributed by atoms with Crippen LogP contribution < -0.4 is 5.32 Å². The largest absolute Gasteiger partial charge is 0.460 e. The summed E-state index contributed by atoms with van der Waals surface area (Å²) < 4.78 is 12.2. The third-order valence-electron chi connectivity index (χ3n) is 7.72. The molecule has 3 fully saturated rings. The number of halogens is 1. The topological polar surface area (TPSA) is 125 Å². The van der Waals surface area contributed by atoms with Crippen LogP contribution in [0.3, 0.4) is 0 Å². The summed E-state index contributed by atoms with van der Waals surface area (Å²) in [6, 6.07) is -0.954. The Morgan fingerprint density at radius 2 is 2.03 bits per heavy atom. The molecule has 0 saturated carbocycles. The zero-order chi connectivity index (χ0) is 29.1. The first-order valence-corrected chi connectivity index (χ1v) is 14.5. The van der Waals surface area contributed by atoms with E-state index in [-0.39, 0.29) is 55.2 Å². The predicted molar refractivity (Wildman–Crippen MR) is 149 cm³/mol. The Balaban J connectivity index is 1.89. The Hall–Kier alpha value is -2.24. The number of carbonyl (C=O) groups is 4. The minimum absolute atomic E-state index is 0.132. The zero-order valence-corrected chi connectivity index (χ0v) is 24.9. The number of hydrogen-bond donors (Lipinski definition) is 2. The van der Waals surface area contributed by atoms with Crippen molar-refractivity contribution in [1.82, 2.24) is 15.1 Å². The molecule has 2 bridgehead atoms. The summed E-state index contributed by atoms with van der Waals surface area (Å²) in [5, 5.41) is 12.3. The second kappa shape index (κ2) is 12.5. The van der Waals surface area contributed by atoms with Crippen LogP contribution >= 0.6 is 15.9 Å². The van der Waals surface area contributed by atoms with Crippen LogP contribution in [-0.4, -0.2) is 99.1 Å². The molecule has 1 spiro atoms. The van der Waals surface area contributed by atoms with Crippen molar-refractivity contribution in [2.75, 3.05) is 26.2 Å². The van der Waals surface area contributed by atoms with Crippen LogP contribution in [0.4, 0.5) is 0 Å². The van der Waals surface area contributed by atoms with Crippen molar-refractivity contribution in [2.45, 2.75) is 87.6 Å². The lowest BCUT2D eigenvalue weighted by atomic mass is 9.70. The maximum atomic E-state index is 14.2. The molecule has 0 aromatic carbocycles. The van der Waals surface area contributed by atoms with Crippen molar-refractivity contribution in [1.29, 1.82) is 0 Å². The average molecular weight is 613 g/mol. The number of alkyl halides is 1. The van der Waals surface area contributed by atoms with Gasteiger partial charge < -0.3 is 29.7 Å². The van der Waals surface area contributed by atoms with Crippen LogP contribution in [0, 0.1) is 11.8 Å². The molecule has 2 N–H and O–H groups in total. The first kappa shape index (κ1) is 31.3. The lowest BCUT2D eigenvalue weighted by Crippen LogP contribution is -2.60. The van der Waals surface area contributed by atoms with Crippen LogP contribution in [0.1, 0.15) is 53.4 Å². The number of likely N-dealkylation sites (tertiary alicyclic amines) is 1. The number of carbonyl (C=O) groups excluding carboxylic acids is 4. The number of hydrogen-bond acceptors (Lipinski definition) is 7. The summed E-state index contributed by atoms with van der Waals surface area (Å²) in [5.74, 6) is -3.19. The third kappa shape index (κ3) is 6.10. The molecule has 0 aromatic heterocycles. The lowest BCUT2D eigenvalue weighted by Gasteiger charge is -2.42. The molecule has 3 heterocycles. The van der Waals surface area contributed by atoms with Crippen molar-refractivity contribution < 1.29 is 33.8 Å². The third-order valence-corrected chi connectivity index (χ3v) is 8.56. The van der Waals surface area contributed by atoms with E-state index in [4.69, 9.17) is 9.47 Å². The Kier molecular flexibility index (Phi) is 10.0. The number of fused-ring (bicyclic) bond motifs is 1. The standard InChI is InChI=1S/C28H42BrN3O7/c1-7-9-11-19(34)30-16-17(3)38-26(37)20-21-24(35)31(13-10-14-33)23(28(21)15-18(29)22(20)39-28)25(36)32(12-8-2)27(4,5)6/h7-8,17-18,20-23,33H,1-2,9-16H2,3-6H3,(H,30,34)/t17-,18?,20-,21+,22-,23-,28+/m0/s1. The van der Waals surface area contributed by atoms with E-state index >= 15 is 0 Å². The van der Waals surface area contributed by atoms with E-state index in [1.165, 1.54) is 4.90 Å². The number of nitrogens with zero attached hydrogens (tertiary/aromatic N) is 2. The van der Waals surface area contributed by atoms with Gasteiger partial charge in [0.05, 0.1) is 24.5 Å². The molecule has 0 radical (unpaired) electrons. The van der Waals surface area contributed by atoms with Gasteiger partial charge in [0, 0.05) is 36.5 Å². The molecule has 3 rings (SSSR count). The SMILES string of the molecule is C=CCCC(=O)NC[C@H](C)OC(=O)[C@@H]1[C@H]2O[C@@]3(CC2Br)[C@H](C(=O)N(CC=C)C(C)(C)C)N(CCCO)C(=O)[C@@H]13. The normalized spacial score (nSPS) is 30.1. The molecule has 218 valence electrons. The van der Waals surface area contributed by atoms with Crippen LogP contribution in [0.2, 0.25) is 0 Å². The van der Waals surface area contributed by atoms with Gasteiger partial charge in [-0.2, -0.15) is 0 Å². The summed E-state index contributed by atoms with van der Waals surface area (Å²) in [5.41, 5.74) is -1.76. The van der Waals surface area contributed by atoms with Crippen LogP contribution in [0.15, 0.2) is 25.3 Å². The van der Waals surface area contributed by atoms with Crippen molar-refractivity contribution >= 4 is 39.6 Å². The Morgan fingerprint density at radius 3 is 2.62 bits per heavy atom. The second-order valence-corrected chi connectivity index (χ2v) is 12.7. The van der Waals surface area contributed by atoms with Crippen molar-refractivity contribution in [3.63, 3.8) is 0 Å².